The maximum atomic E-state index is 12.3. The summed E-state index contributed by atoms with van der Waals surface area (Å²) in [5, 5.41) is 2.97. The van der Waals surface area contributed by atoms with Gasteiger partial charge in [0.15, 0.2) is 0 Å². The van der Waals surface area contributed by atoms with Gasteiger partial charge in [0.1, 0.15) is 18.1 Å². The minimum Gasteiger partial charge on any atom is -0.496 e. The van der Waals surface area contributed by atoms with Crippen LogP contribution < -0.4 is 14.8 Å². The first kappa shape index (κ1) is 17.9. The molecular weight excluding hydrogens is 302 g/mol. The molecule has 0 heterocycles. The van der Waals surface area contributed by atoms with Crippen molar-refractivity contribution in [3.63, 3.8) is 0 Å². The van der Waals surface area contributed by atoms with Gasteiger partial charge >= 0.3 is 0 Å². The van der Waals surface area contributed by atoms with E-state index in [0.717, 1.165) is 23.3 Å². The summed E-state index contributed by atoms with van der Waals surface area (Å²) in [5.74, 6) is 1.43. The van der Waals surface area contributed by atoms with Gasteiger partial charge in [-0.05, 0) is 56.2 Å². The molecule has 0 bridgehead atoms. The molecular formula is C20H25NO3. The zero-order chi connectivity index (χ0) is 17.5. The second-order valence-electron chi connectivity index (χ2n) is 5.91. The van der Waals surface area contributed by atoms with Gasteiger partial charge in [0.25, 0.3) is 5.91 Å². The van der Waals surface area contributed by atoms with E-state index in [1.165, 1.54) is 0 Å². The topological polar surface area (TPSA) is 47.6 Å². The van der Waals surface area contributed by atoms with Gasteiger partial charge in [-0.25, -0.2) is 0 Å². The summed E-state index contributed by atoms with van der Waals surface area (Å²) in [6.07, 6.45) is 0.894. The van der Waals surface area contributed by atoms with Crippen LogP contribution in [0.4, 0.5) is 0 Å². The van der Waals surface area contributed by atoms with E-state index in [1.54, 1.807) is 19.2 Å². The standard InChI is InChI=1S/C20H25NO3/c1-5-15(3)21-20(22)16-9-10-19(23-4)17(12-16)13-24-18-8-6-7-14(2)11-18/h6-12,15H,5,13H2,1-4H3,(H,21,22)/t15-/m0/s1. The third-order valence-corrected chi connectivity index (χ3v) is 3.92. The largest absolute Gasteiger partial charge is 0.496 e. The van der Waals surface area contributed by atoms with Crippen LogP contribution in [-0.2, 0) is 6.61 Å². The van der Waals surface area contributed by atoms with Crippen molar-refractivity contribution in [2.75, 3.05) is 7.11 Å². The van der Waals surface area contributed by atoms with Crippen LogP contribution in [-0.4, -0.2) is 19.1 Å². The maximum Gasteiger partial charge on any atom is 0.251 e. The van der Waals surface area contributed by atoms with E-state index in [9.17, 15) is 4.79 Å². The molecule has 4 nitrogen and oxygen atoms in total. The smallest absolute Gasteiger partial charge is 0.251 e. The summed E-state index contributed by atoms with van der Waals surface area (Å²) in [5.41, 5.74) is 2.59. The van der Waals surface area contributed by atoms with E-state index in [1.807, 2.05) is 51.1 Å². The molecule has 0 aliphatic heterocycles. The second-order valence-corrected chi connectivity index (χ2v) is 5.91. The number of amides is 1. The van der Waals surface area contributed by atoms with Crippen molar-refractivity contribution < 1.29 is 14.3 Å². The molecule has 0 aliphatic carbocycles. The number of aryl methyl sites for hydroxylation is 1. The number of methoxy groups -OCH3 is 1. The number of ether oxygens (including phenoxy) is 2. The normalized spacial score (nSPS) is 11.7. The minimum atomic E-state index is -0.0798. The maximum absolute atomic E-state index is 12.3. The fraction of sp³-hybridized carbons (Fsp3) is 0.350. The van der Waals surface area contributed by atoms with Gasteiger partial charge in [0, 0.05) is 17.2 Å². The molecule has 1 amide bonds. The Morgan fingerprint density at radius 3 is 2.67 bits per heavy atom. The van der Waals surface area contributed by atoms with Crippen molar-refractivity contribution in [2.24, 2.45) is 0 Å². The Bertz CT molecular complexity index is 697. The van der Waals surface area contributed by atoms with Crippen LogP contribution >= 0.6 is 0 Å². The number of hydrogen-bond donors (Lipinski definition) is 1. The van der Waals surface area contributed by atoms with Crippen LogP contribution in [0.3, 0.4) is 0 Å². The van der Waals surface area contributed by atoms with Gasteiger partial charge in [0.05, 0.1) is 7.11 Å². The third kappa shape index (κ3) is 4.75. The highest BCUT2D eigenvalue weighted by atomic mass is 16.5. The summed E-state index contributed by atoms with van der Waals surface area (Å²) in [4.78, 5) is 12.3. The van der Waals surface area contributed by atoms with E-state index >= 15 is 0 Å². The Balaban J connectivity index is 2.15. The first-order valence-corrected chi connectivity index (χ1v) is 8.20. The van der Waals surface area contributed by atoms with Gasteiger partial charge in [-0.3, -0.25) is 4.79 Å². The zero-order valence-corrected chi connectivity index (χ0v) is 14.8. The molecule has 0 aliphatic rings. The molecule has 0 radical (unpaired) electrons. The first-order chi connectivity index (χ1) is 11.5. The Labute approximate surface area is 143 Å². The number of carbonyl (C=O) groups is 1. The SMILES string of the molecule is CC[C@H](C)NC(=O)c1ccc(OC)c(COc2cccc(C)c2)c1. The number of nitrogens with one attached hydrogen (secondary N) is 1. The molecule has 24 heavy (non-hydrogen) atoms. The Morgan fingerprint density at radius 2 is 2.00 bits per heavy atom. The number of benzene rings is 2. The highest BCUT2D eigenvalue weighted by Crippen LogP contribution is 2.23. The van der Waals surface area contributed by atoms with Crippen LogP contribution in [0, 0.1) is 6.92 Å². The Hall–Kier alpha value is -2.49. The summed E-state index contributed by atoms with van der Waals surface area (Å²) in [6, 6.07) is 13.4. The van der Waals surface area contributed by atoms with Crippen molar-refractivity contribution >= 4 is 5.91 Å². The predicted molar refractivity (Wildman–Crippen MR) is 95.7 cm³/mol. The molecule has 2 aromatic rings. The van der Waals surface area contributed by atoms with Gasteiger partial charge in [-0.15, -0.1) is 0 Å². The Morgan fingerprint density at radius 1 is 1.21 bits per heavy atom. The molecule has 0 saturated carbocycles. The average molecular weight is 327 g/mol. The predicted octanol–water partition coefficient (Wildman–Crippen LogP) is 4.11. The van der Waals surface area contributed by atoms with E-state index in [0.29, 0.717) is 17.9 Å². The molecule has 0 saturated heterocycles. The van der Waals surface area contributed by atoms with Crippen LogP contribution in [0.2, 0.25) is 0 Å². The molecule has 128 valence electrons. The lowest BCUT2D eigenvalue weighted by Gasteiger charge is -2.14. The van der Waals surface area contributed by atoms with E-state index in [4.69, 9.17) is 9.47 Å². The van der Waals surface area contributed by atoms with E-state index in [2.05, 4.69) is 5.32 Å². The molecule has 0 unspecified atom stereocenters. The number of hydrogen-bond acceptors (Lipinski definition) is 3. The van der Waals surface area contributed by atoms with Crippen molar-refractivity contribution in [3.05, 3.63) is 59.2 Å². The van der Waals surface area contributed by atoms with Crippen LogP contribution in [0.25, 0.3) is 0 Å². The van der Waals surface area contributed by atoms with Gasteiger partial charge in [-0.1, -0.05) is 19.1 Å². The fourth-order valence-corrected chi connectivity index (χ4v) is 2.31. The molecule has 0 aromatic heterocycles. The quantitative estimate of drug-likeness (QED) is 0.832. The van der Waals surface area contributed by atoms with Crippen LogP contribution in [0.5, 0.6) is 11.5 Å². The molecule has 2 aromatic carbocycles. The lowest BCUT2D eigenvalue weighted by Crippen LogP contribution is -2.31. The number of rotatable bonds is 7. The second kappa shape index (κ2) is 8.39. The van der Waals surface area contributed by atoms with Crippen molar-refractivity contribution in [1.82, 2.24) is 5.32 Å². The lowest BCUT2D eigenvalue weighted by atomic mass is 10.1. The average Bonchev–Trinajstić information content (AvgIpc) is 2.59. The monoisotopic (exact) mass is 327 g/mol. The van der Waals surface area contributed by atoms with Crippen LogP contribution in [0.15, 0.2) is 42.5 Å². The Kier molecular flexibility index (Phi) is 6.24. The highest BCUT2D eigenvalue weighted by molar-refractivity contribution is 5.94. The third-order valence-electron chi connectivity index (χ3n) is 3.92. The first-order valence-electron chi connectivity index (χ1n) is 8.20. The molecule has 0 fully saturated rings. The summed E-state index contributed by atoms with van der Waals surface area (Å²) >= 11 is 0. The van der Waals surface area contributed by atoms with E-state index < -0.39 is 0 Å². The van der Waals surface area contributed by atoms with Gasteiger partial charge in [-0.2, -0.15) is 0 Å². The van der Waals surface area contributed by atoms with E-state index in [-0.39, 0.29) is 11.9 Å². The summed E-state index contributed by atoms with van der Waals surface area (Å²) in [7, 11) is 1.62. The molecule has 2 rings (SSSR count). The molecule has 1 N–H and O–H groups in total. The van der Waals surface area contributed by atoms with Crippen molar-refractivity contribution in [2.45, 2.75) is 39.8 Å². The highest BCUT2D eigenvalue weighted by Gasteiger charge is 2.12. The molecule has 0 spiro atoms. The van der Waals surface area contributed by atoms with Gasteiger partial charge in [0.2, 0.25) is 0 Å². The summed E-state index contributed by atoms with van der Waals surface area (Å²) in [6.45, 7) is 6.40. The van der Waals surface area contributed by atoms with Crippen molar-refractivity contribution in [3.8, 4) is 11.5 Å². The fourth-order valence-electron chi connectivity index (χ4n) is 2.31. The van der Waals surface area contributed by atoms with Crippen molar-refractivity contribution in [1.29, 1.82) is 0 Å². The minimum absolute atomic E-state index is 0.0798. The lowest BCUT2D eigenvalue weighted by molar-refractivity contribution is 0.0939. The van der Waals surface area contributed by atoms with Gasteiger partial charge < -0.3 is 14.8 Å². The number of carbonyl (C=O) groups excluding carboxylic acids is 1. The molecule has 4 heteroatoms. The van der Waals surface area contributed by atoms with Crippen LogP contribution in [0.1, 0.15) is 41.8 Å². The molecule has 1 atom stereocenters. The summed E-state index contributed by atoms with van der Waals surface area (Å²) < 4.78 is 11.2. The zero-order valence-electron chi connectivity index (χ0n) is 14.8.